The Bertz CT molecular complexity index is 461. The van der Waals surface area contributed by atoms with E-state index in [4.69, 9.17) is 5.73 Å². The number of aliphatic imine (C=N–C) groups is 1. The first-order valence-corrected chi connectivity index (χ1v) is 6.73. The molecule has 21 heavy (non-hydrogen) atoms. The van der Waals surface area contributed by atoms with Crippen LogP contribution in [0.4, 0.5) is 5.69 Å². The molecule has 0 aliphatic heterocycles. The molecule has 117 valence electrons. The van der Waals surface area contributed by atoms with Crippen LogP contribution in [-0.4, -0.2) is 36.0 Å². The molecule has 2 rings (SSSR count). The second-order valence-electron chi connectivity index (χ2n) is 4.69. The van der Waals surface area contributed by atoms with Crippen LogP contribution < -0.4 is 0 Å². The third kappa shape index (κ3) is 5.40. The van der Waals surface area contributed by atoms with Gasteiger partial charge in [-0.25, -0.2) is 4.99 Å². The maximum Gasteiger partial charge on any atom is 0.101 e. The third-order valence-corrected chi connectivity index (χ3v) is 3.22. The fourth-order valence-electron chi connectivity index (χ4n) is 1.96. The first-order chi connectivity index (χ1) is 8.99. The average Bonchev–Trinajstić information content (AvgIpc) is 2.68. The van der Waals surface area contributed by atoms with Gasteiger partial charge in [-0.15, -0.1) is 0 Å². The zero-order chi connectivity index (χ0) is 14.6. The quantitative estimate of drug-likeness (QED) is 0.484. The Kier molecular flexibility index (Phi) is 10.5. The molecule has 2 N–H and O–H groups in total. The molecule has 0 spiro atoms. The van der Waals surface area contributed by atoms with Gasteiger partial charge in [0.25, 0.3) is 0 Å². The molecule has 2 atom stereocenters. The third-order valence-electron chi connectivity index (χ3n) is 3.22. The summed E-state index contributed by atoms with van der Waals surface area (Å²) in [6.45, 7) is 5.94. The minimum Gasteiger partial charge on any atom is -0.669 e. The largest absolute Gasteiger partial charge is 0.669 e. The van der Waals surface area contributed by atoms with E-state index >= 15 is 0 Å². The summed E-state index contributed by atoms with van der Waals surface area (Å²) < 4.78 is 0. The molecule has 1 aromatic carbocycles. The van der Waals surface area contributed by atoms with Crippen molar-refractivity contribution in [2.24, 2.45) is 4.99 Å². The molecule has 0 saturated carbocycles. The van der Waals surface area contributed by atoms with Crippen LogP contribution in [0.15, 0.2) is 23.2 Å². The Hall–Kier alpha value is -0.936. The van der Waals surface area contributed by atoms with E-state index in [9.17, 15) is 5.11 Å². The first-order valence-electron chi connectivity index (χ1n) is 6.73. The normalized spacial score (nSPS) is 19.5. The zero-order valence-electron chi connectivity index (χ0n) is 13.9. The van der Waals surface area contributed by atoms with Gasteiger partial charge >= 0.3 is 0 Å². The molecule has 0 heterocycles. The molecular weight excluding hydrogens is 301 g/mol. The smallest absolute Gasteiger partial charge is 0.101 e. The number of nitrogens with one attached hydrogen (secondary N) is 1. The number of benzene rings is 1. The van der Waals surface area contributed by atoms with E-state index in [1.807, 2.05) is 58.0 Å². The Balaban J connectivity index is 0. The predicted molar refractivity (Wildman–Crippen MR) is 87.4 cm³/mol. The van der Waals surface area contributed by atoms with Gasteiger partial charge in [-0.05, 0) is 31.0 Å². The number of hydrogen-bond donors (Lipinski definition) is 1. The van der Waals surface area contributed by atoms with E-state index in [1.54, 1.807) is 0 Å². The number of amidine groups is 1. The number of rotatable bonds is 1. The van der Waals surface area contributed by atoms with Crippen molar-refractivity contribution in [3.63, 3.8) is 0 Å². The SMILES string of the molecule is CC.CC(=Nc1ccc2c(c1)C([NH-])C(O)C2)N(C)C.[CH3+].[V]. The van der Waals surface area contributed by atoms with Crippen LogP contribution in [-0.2, 0) is 25.0 Å². The van der Waals surface area contributed by atoms with Crippen LogP contribution in [0.1, 0.15) is 37.9 Å². The summed E-state index contributed by atoms with van der Waals surface area (Å²) in [5.74, 6) is 0.921. The van der Waals surface area contributed by atoms with Crippen LogP contribution in [0.25, 0.3) is 5.73 Å². The van der Waals surface area contributed by atoms with E-state index in [-0.39, 0.29) is 26.0 Å². The zero-order valence-corrected chi connectivity index (χ0v) is 15.3. The average molecular weight is 328 g/mol. The van der Waals surface area contributed by atoms with Crippen molar-refractivity contribution in [2.75, 3.05) is 14.1 Å². The predicted octanol–water partition coefficient (Wildman–Crippen LogP) is 3.78. The maximum atomic E-state index is 9.65. The fourth-order valence-corrected chi connectivity index (χ4v) is 1.96. The molecule has 1 aromatic rings. The minimum absolute atomic E-state index is 0. The topological polar surface area (TPSA) is 59.6 Å². The summed E-state index contributed by atoms with van der Waals surface area (Å²) >= 11 is 0. The van der Waals surface area contributed by atoms with Crippen molar-refractivity contribution < 1.29 is 23.7 Å². The second kappa shape index (κ2) is 9.90. The van der Waals surface area contributed by atoms with Crippen molar-refractivity contribution in [3.05, 3.63) is 42.5 Å². The van der Waals surface area contributed by atoms with Crippen molar-refractivity contribution in [3.8, 4) is 0 Å². The van der Waals surface area contributed by atoms with Gasteiger partial charge in [-0.3, -0.25) is 0 Å². The number of nitrogens with zero attached hydrogens (tertiary/aromatic N) is 2. The standard InChI is InChI=1S/C13H18N3O.C2H6.CH3.V/c1-8(16(2)3)15-10-5-4-9-6-12(17)13(14)11(9)7-10;1-2;;/h4-5,7,12-14,17H,6H2,1-3H3;1-2H3;1H3;/q-1;;+1;. The molecule has 0 saturated heterocycles. The Morgan fingerprint density at radius 1 is 1.33 bits per heavy atom. The molecule has 1 aliphatic rings. The van der Waals surface area contributed by atoms with Gasteiger partial charge in [-0.2, -0.15) is 0 Å². The van der Waals surface area contributed by atoms with Gasteiger partial charge < -0.3 is 15.7 Å². The van der Waals surface area contributed by atoms with Gasteiger partial charge in [0.1, 0.15) is 5.84 Å². The number of aliphatic hydroxyl groups excluding tert-OH is 1. The van der Waals surface area contributed by atoms with Gasteiger partial charge in [0.05, 0.1) is 5.69 Å². The number of fused-ring (bicyclic) bond motifs is 1. The summed E-state index contributed by atoms with van der Waals surface area (Å²) in [5.41, 5.74) is 10.7. The minimum atomic E-state index is -0.570. The first kappa shape index (κ1) is 22.3. The molecule has 5 heteroatoms. The Labute approximate surface area is 141 Å². The molecule has 0 fully saturated rings. The van der Waals surface area contributed by atoms with Gasteiger partial charge in [0, 0.05) is 46.2 Å². The van der Waals surface area contributed by atoms with Crippen LogP contribution in [0.5, 0.6) is 0 Å². The summed E-state index contributed by atoms with van der Waals surface area (Å²) in [5, 5.41) is 9.65. The number of aliphatic hydroxyl groups is 1. The molecule has 4 nitrogen and oxygen atoms in total. The van der Waals surface area contributed by atoms with E-state index in [0.29, 0.717) is 6.42 Å². The molecule has 2 unspecified atom stereocenters. The van der Waals surface area contributed by atoms with Crippen LogP contribution in [0.2, 0.25) is 0 Å². The van der Waals surface area contributed by atoms with E-state index in [1.165, 1.54) is 0 Å². The second-order valence-corrected chi connectivity index (χ2v) is 4.69. The van der Waals surface area contributed by atoms with Crippen molar-refractivity contribution >= 4 is 11.5 Å². The summed E-state index contributed by atoms with van der Waals surface area (Å²) in [4.78, 5) is 6.42. The van der Waals surface area contributed by atoms with Crippen LogP contribution in [0, 0.1) is 7.43 Å². The Morgan fingerprint density at radius 2 is 1.90 bits per heavy atom. The van der Waals surface area contributed by atoms with Gasteiger partial charge in [0.15, 0.2) is 0 Å². The molecule has 0 amide bonds. The molecule has 1 radical (unpaired) electrons. The van der Waals surface area contributed by atoms with Crippen molar-refractivity contribution in [1.82, 2.24) is 4.90 Å². The van der Waals surface area contributed by atoms with Crippen LogP contribution in [0.3, 0.4) is 0 Å². The molecular formula is C16H27N3OV. The van der Waals surface area contributed by atoms with Crippen molar-refractivity contribution in [2.45, 2.75) is 39.3 Å². The molecule has 0 bridgehead atoms. The monoisotopic (exact) mass is 328 g/mol. The van der Waals surface area contributed by atoms with Gasteiger partial charge in [-0.1, -0.05) is 31.5 Å². The van der Waals surface area contributed by atoms with E-state index in [0.717, 1.165) is 22.6 Å². The van der Waals surface area contributed by atoms with E-state index < -0.39 is 12.1 Å². The summed E-state index contributed by atoms with van der Waals surface area (Å²) in [6, 6.07) is 5.29. The summed E-state index contributed by atoms with van der Waals surface area (Å²) in [7, 11) is 3.90. The van der Waals surface area contributed by atoms with Crippen LogP contribution >= 0.6 is 0 Å². The van der Waals surface area contributed by atoms with Gasteiger partial charge in [0.2, 0.25) is 0 Å². The van der Waals surface area contributed by atoms with E-state index in [2.05, 4.69) is 4.99 Å². The Morgan fingerprint density at radius 3 is 2.43 bits per heavy atom. The van der Waals surface area contributed by atoms with Crippen molar-refractivity contribution in [1.29, 1.82) is 0 Å². The number of hydrogen-bond acceptors (Lipinski definition) is 2. The fraction of sp³-hybridized carbons (Fsp3) is 0.500. The maximum absolute atomic E-state index is 9.65. The molecule has 1 aliphatic carbocycles. The summed E-state index contributed by atoms with van der Waals surface area (Å²) in [6.07, 6.45) is 0.0133. The molecule has 0 aromatic heterocycles.